The van der Waals surface area contributed by atoms with Crippen LogP contribution < -0.4 is 16.0 Å². The van der Waals surface area contributed by atoms with E-state index in [2.05, 4.69) is 44.0 Å². The fourth-order valence-electron chi connectivity index (χ4n) is 2.51. The van der Waals surface area contributed by atoms with E-state index < -0.39 is 0 Å². The lowest BCUT2D eigenvalue weighted by molar-refractivity contribution is 0.0954. The molecule has 3 N–H and O–H groups in total. The Labute approximate surface area is 154 Å². The Bertz CT molecular complexity index is 724. The van der Waals surface area contributed by atoms with Crippen LogP contribution in [0, 0.1) is 13.8 Å². The molecule has 0 aliphatic heterocycles. The number of amides is 1. The highest BCUT2D eigenvalue weighted by molar-refractivity contribution is 5.93. The Balaban J connectivity index is 1.60. The van der Waals surface area contributed by atoms with Crippen LogP contribution in [0.1, 0.15) is 28.2 Å². The first-order valence-corrected chi connectivity index (χ1v) is 8.74. The van der Waals surface area contributed by atoms with Crippen LogP contribution in [-0.4, -0.2) is 53.3 Å². The van der Waals surface area contributed by atoms with E-state index in [-0.39, 0.29) is 5.91 Å². The minimum Gasteiger partial charge on any atom is -0.356 e. The van der Waals surface area contributed by atoms with Gasteiger partial charge in [-0.2, -0.15) is 5.10 Å². The van der Waals surface area contributed by atoms with Gasteiger partial charge in [0.25, 0.3) is 5.91 Å². The van der Waals surface area contributed by atoms with Crippen molar-refractivity contribution >= 4 is 11.9 Å². The summed E-state index contributed by atoms with van der Waals surface area (Å²) < 4.78 is 2.02. The Morgan fingerprint density at radius 1 is 1.19 bits per heavy atom. The summed E-state index contributed by atoms with van der Waals surface area (Å²) in [6, 6.07) is 5.55. The molecule has 0 spiro atoms. The quantitative estimate of drug-likeness (QED) is 0.370. The third-order valence-electron chi connectivity index (χ3n) is 3.79. The molecule has 140 valence electrons. The molecule has 2 aromatic rings. The molecule has 0 aromatic carbocycles. The number of hydrogen-bond donors (Lipinski definition) is 3. The maximum Gasteiger partial charge on any atom is 0.252 e. The second-order valence-electron chi connectivity index (χ2n) is 5.93. The Hall–Kier alpha value is -2.90. The van der Waals surface area contributed by atoms with Gasteiger partial charge in [-0.05, 0) is 38.5 Å². The van der Waals surface area contributed by atoms with Crippen LogP contribution in [-0.2, 0) is 6.54 Å². The van der Waals surface area contributed by atoms with Crippen molar-refractivity contribution in [2.75, 3.05) is 26.7 Å². The second kappa shape index (κ2) is 10.2. The summed E-state index contributed by atoms with van der Waals surface area (Å²) in [5.74, 6) is 0.585. The van der Waals surface area contributed by atoms with Gasteiger partial charge >= 0.3 is 0 Å². The molecule has 0 unspecified atom stereocenters. The van der Waals surface area contributed by atoms with Gasteiger partial charge in [-0.25, -0.2) is 0 Å². The second-order valence-corrected chi connectivity index (χ2v) is 5.93. The number of aliphatic imine (C=N–C) groups is 1. The minimum absolute atomic E-state index is 0.132. The van der Waals surface area contributed by atoms with Crippen LogP contribution in [0.3, 0.4) is 0 Å². The molecule has 0 aliphatic rings. The molecule has 8 nitrogen and oxygen atoms in total. The van der Waals surface area contributed by atoms with E-state index in [1.807, 2.05) is 11.6 Å². The van der Waals surface area contributed by atoms with Crippen LogP contribution in [0.5, 0.6) is 0 Å². The predicted molar refractivity (Wildman–Crippen MR) is 102 cm³/mol. The van der Waals surface area contributed by atoms with Gasteiger partial charge in [0.2, 0.25) is 0 Å². The van der Waals surface area contributed by atoms with Crippen molar-refractivity contribution in [2.24, 2.45) is 4.99 Å². The topological polar surface area (TPSA) is 96.2 Å². The van der Waals surface area contributed by atoms with Crippen LogP contribution in [0.25, 0.3) is 0 Å². The molecule has 0 aliphatic carbocycles. The smallest absolute Gasteiger partial charge is 0.252 e. The van der Waals surface area contributed by atoms with Crippen molar-refractivity contribution < 1.29 is 4.79 Å². The third kappa shape index (κ3) is 6.19. The van der Waals surface area contributed by atoms with Gasteiger partial charge in [0, 0.05) is 51.3 Å². The molecule has 8 heteroatoms. The molecule has 1 amide bonds. The highest BCUT2D eigenvalue weighted by Gasteiger charge is 2.04. The average molecular weight is 357 g/mol. The largest absolute Gasteiger partial charge is 0.356 e. The zero-order valence-corrected chi connectivity index (χ0v) is 15.6. The maximum absolute atomic E-state index is 11.9. The van der Waals surface area contributed by atoms with E-state index in [1.54, 1.807) is 31.6 Å². The first-order valence-electron chi connectivity index (χ1n) is 8.74. The number of aryl methyl sites for hydroxylation is 3. The van der Waals surface area contributed by atoms with Gasteiger partial charge in [-0.1, -0.05) is 0 Å². The molecule has 0 atom stereocenters. The number of carbonyl (C=O) groups is 1. The Kier molecular flexibility index (Phi) is 7.60. The molecule has 2 aromatic heterocycles. The van der Waals surface area contributed by atoms with E-state index in [1.165, 1.54) is 5.69 Å². The summed E-state index contributed by atoms with van der Waals surface area (Å²) in [5, 5.41) is 13.7. The molecule has 2 heterocycles. The zero-order valence-electron chi connectivity index (χ0n) is 15.6. The normalized spacial score (nSPS) is 11.3. The number of hydrogen-bond acceptors (Lipinski definition) is 4. The number of nitrogens with zero attached hydrogens (tertiary/aromatic N) is 4. The molecule has 0 fully saturated rings. The van der Waals surface area contributed by atoms with Gasteiger partial charge in [0.05, 0.1) is 11.3 Å². The maximum atomic E-state index is 11.9. The standard InChI is InChI=1S/C18H27N7O/c1-14-12-15(2)25(24-14)11-5-8-22-18(19-3)23-10-9-21-17(26)16-6-4-7-20-13-16/h4,6-7,12-13H,5,8-11H2,1-3H3,(H,21,26)(H2,19,22,23). The molecule has 0 saturated carbocycles. The van der Waals surface area contributed by atoms with Gasteiger partial charge in [0.15, 0.2) is 5.96 Å². The fourth-order valence-corrected chi connectivity index (χ4v) is 2.51. The van der Waals surface area contributed by atoms with Crippen LogP contribution in [0.15, 0.2) is 35.6 Å². The molecule has 0 saturated heterocycles. The number of carbonyl (C=O) groups excluding carboxylic acids is 1. The Morgan fingerprint density at radius 2 is 1.96 bits per heavy atom. The number of pyridine rings is 1. The van der Waals surface area contributed by atoms with Crippen molar-refractivity contribution in [3.8, 4) is 0 Å². The fraction of sp³-hybridized carbons (Fsp3) is 0.444. The van der Waals surface area contributed by atoms with Crippen molar-refractivity contribution in [1.82, 2.24) is 30.7 Å². The van der Waals surface area contributed by atoms with Gasteiger partial charge in [0.1, 0.15) is 0 Å². The monoisotopic (exact) mass is 357 g/mol. The van der Waals surface area contributed by atoms with Crippen molar-refractivity contribution in [2.45, 2.75) is 26.8 Å². The average Bonchev–Trinajstić information content (AvgIpc) is 2.98. The number of guanidine groups is 1. The number of rotatable bonds is 8. The van der Waals surface area contributed by atoms with Gasteiger partial charge < -0.3 is 16.0 Å². The molecule has 0 radical (unpaired) electrons. The van der Waals surface area contributed by atoms with Crippen molar-refractivity contribution in [3.63, 3.8) is 0 Å². The van der Waals surface area contributed by atoms with Gasteiger partial charge in [-0.3, -0.25) is 19.5 Å². The van der Waals surface area contributed by atoms with Crippen LogP contribution in [0.2, 0.25) is 0 Å². The molecule has 0 bridgehead atoms. The summed E-state index contributed by atoms with van der Waals surface area (Å²) >= 11 is 0. The highest BCUT2D eigenvalue weighted by Crippen LogP contribution is 2.02. The summed E-state index contributed by atoms with van der Waals surface area (Å²) in [7, 11) is 1.73. The summed E-state index contributed by atoms with van der Waals surface area (Å²) in [4.78, 5) is 20.0. The van der Waals surface area contributed by atoms with E-state index in [0.29, 0.717) is 24.6 Å². The van der Waals surface area contributed by atoms with Crippen molar-refractivity contribution in [3.05, 3.63) is 47.5 Å². The summed E-state index contributed by atoms with van der Waals surface area (Å²) in [6.45, 7) is 6.81. The van der Waals surface area contributed by atoms with Crippen LogP contribution in [0.4, 0.5) is 0 Å². The third-order valence-corrected chi connectivity index (χ3v) is 3.79. The summed E-state index contributed by atoms with van der Waals surface area (Å²) in [6.07, 6.45) is 4.13. The predicted octanol–water partition coefficient (Wildman–Crippen LogP) is 0.880. The first kappa shape index (κ1) is 19.4. The lowest BCUT2D eigenvalue weighted by atomic mass is 10.3. The summed E-state index contributed by atoms with van der Waals surface area (Å²) in [5.41, 5.74) is 2.77. The number of aromatic nitrogens is 3. The van der Waals surface area contributed by atoms with E-state index >= 15 is 0 Å². The lowest BCUT2D eigenvalue weighted by Crippen LogP contribution is -2.42. The minimum atomic E-state index is -0.132. The number of nitrogens with one attached hydrogen (secondary N) is 3. The van der Waals surface area contributed by atoms with Crippen LogP contribution >= 0.6 is 0 Å². The van der Waals surface area contributed by atoms with Gasteiger partial charge in [-0.15, -0.1) is 0 Å². The van der Waals surface area contributed by atoms with E-state index in [4.69, 9.17) is 0 Å². The molecular weight excluding hydrogens is 330 g/mol. The van der Waals surface area contributed by atoms with Crippen molar-refractivity contribution in [1.29, 1.82) is 0 Å². The first-order chi connectivity index (χ1) is 12.6. The molecule has 26 heavy (non-hydrogen) atoms. The van der Waals surface area contributed by atoms with E-state index in [9.17, 15) is 4.79 Å². The van der Waals surface area contributed by atoms with E-state index in [0.717, 1.165) is 25.2 Å². The lowest BCUT2D eigenvalue weighted by Gasteiger charge is -2.12. The SMILES string of the molecule is CN=C(NCCCn1nc(C)cc1C)NCCNC(=O)c1cccnc1. The molecular formula is C18H27N7O. The molecule has 2 rings (SSSR count). The Morgan fingerprint density at radius 3 is 2.62 bits per heavy atom. The highest BCUT2D eigenvalue weighted by atomic mass is 16.1. The zero-order chi connectivity index (χ0) is 18.8.